The molecular formula is C15H15ClFNO. The molecule has 0 aliphatic heterocycles. The monoisotopic (exact) mass is 279 g/mol. The SMILES string of the molecule is COc1cc(NC(C)c2ccc(Cl)cc2)ccc1F. The molecule has 100 valence electrons. The fourth-order valence-corrected chi connectivity index (χ4v) is 1.96. The number of hydrogen-bond acceptors (Lipinski definition) is 2. The van der Waals surface area contributed by atoms with E-state index in [-0.39, 0.29) is 17.6 Å². The first kappa shape index (κ1) is 13.7. The van der Waals surface area contributed by atoms with Crippen molar-refractivity contribution in [2.75, 3.05) is 12.4 Å². The van der Waals surface area contributed by atoms with Crippen LogP contribution in [0.2, 0.25) is 5.02 Å². The Kier molecular flexibility index (Phi) is 4.27. The van der Waals surface area contributed by atoms with E-state index in [4.69, 9.17) is 16.3 Å². The maximum Gasteiger partial charge on any atom is 0.165 e. The highest BCUT2D eigenvalue weighted by molar-refractivity contribution is 6.30. The maximum absolute atomic E-state index is 13.3. The Morgan fingerprint density at radius 1 is 1.16 bits per heavy atom. The average Bonchev–Trinajstić information content (AvgIpc) is 2.41. The minimum Gasteiger partial charge on any atom is -0.494 e. The van der Waals surface area contributed by atoms with Crippen molar-refractivity contribution in [3.05, 3.63) is 58.9 Å². The number of hydrogen-bond donors (Lipinski definition) is 1. The predicted molar refractivity (Wildman–Crippen MR) is 76.4 cm³/mol. The molecule has 0 aliphatic rings. The number of benzene rings is 2. The Morgan fingerprint density at radius 3 is 2.47 bits per heavy atom. The highest BCUT2D eigenvalue weighted by Gasteiger charge is 2.08. The summed E-state index contributed by atoms with van der Waals surface area (Å²) in [5.41, 5.74) is 1.91. The van der Waals surface area contributed by atoms with Gasteiger partial charge < -0.3 is 10.1 Å². The van der Waals surface area contributed by atoms with Gasteiger partial charge >= 0.3 is 0 Å². The topological polar surface area (TPSA) is 21.3 Å². The van der Waals surface area contributed by atoms with Gasteiger partial charge in [-0.05, 0) is 36.8 Å². The maximum atomic E-state index is 13.3. The van der Waals surface area contributed by atoms with Gasteiger partial charge in [-0.15, -0.1) is 0 Å². The summed E-state index contributed by atoms with van der Waals surface area (Å²) >= 11 is 5.85. The number of methoxy groups -OCH3 is 1. The minimum atomic E-state index is -0.368. The number of rotatable bonds is 4. The van der Waals surface area contributed by atoms with Crippen molar-refractivity contribution in [1.82, 2.24) is 0 Å². The van der Waals surface area contributed by atoms with E-state index in [2.05, 4.69) is 5.32 Å². The summed E-state index contributed by atoms with van der Waals surface area (Å²) < 4.78 is 18.3. The quantitative estimate of drug-likeness (QED) is 0.879. The Balaban J connectivity index is 2.14. The third-order valence-electron chi connectivity index (χ3n) is 2.90. The van der Waals surface area contributed by atoms with Crippen LogP contribution in [0.3, 0.4) is 0 Å². The lowest BCUT2D eigenvalue weighted by molar-refractivity contribution is 0.387. The van der Waals surface area contributed by atoms with Crippen LogP contribution in [0.5, 0.6) is 5.75 Å². The minimum absolute atomic E-state index is 0.0902. The molecule has 1 N–H and O–H groups in total. The second-order valence-corrected chi connectivity index (χ2v) is 4.70. The van der Waals surface area contributed by atoms with Gasteiger partial charge in [-0.3, -0.25) is 0 Å². The van der Waals surface area contributed by atoms with Gasteiger partial charge in [0.25, 0.3) is 0 Å². The lowest BCUT2D eigenvalue weighted by Gasteiger charge is -2.16. The lowest BCUT2D eigenvalue weighted by atomic mass is 10.1. The van der Waals surface area contributed by atoms with E-state index >= 15 is 0 Å². The van der Waals surface area contributed by atoms with E-state index in [1.165, 1.54) is 13.2 Å². The van der Waals surface area contributed by atoms with Crippen LogP contribution in [0.25, 0.3) is 0 Å². The fourth-order valence-electron chi connectivity index (χ4n) is 1.83. The molecule has 2 aromatic rings. The lowest BCUT2D eigenvalue weighted by Crippen LogP contribution is -2.06. The summed E-state index contributed by atoms with van der Waals surface area (Å²) in [6.07, 6.45) is 0. The van der Waals surface area contributed by atoms with Crippen LogP contribution in [0.4, 0.5) is 10.1 Å². The second-order valence-electron chi connectivity index (χ2n) is 4.27. The zero-order valence-electron chi connectivity index (χ0n) is 10.8. The van der Waals surface area contributed by atoms with Crippen LogP contribution in [-0.4, -0.2) is 7.11 Å². The summed E-state index contributed by atoms with van der Waals surface area (Å²) in [7, 11) is 1.45. The molecule has 4 heteroatoms. The van der Waals surface area contributed by atoms with Gasteiger partial charge in [-0.2, -0.15) is 0 Å². The average molecular weight is 280 g/mol. The molecule has 0 heterocycles. The van der Waals surface area contributed by atoms with E-state index in [1.807, 2.05) is 31.2 Å². The van der Waals surface area contributed by atoms with Crippen molar-refractivity contribution in [2.24, 2.45) is 0 Å². The molecule has 0 bridgehead atoms. The smallest absolute Gasteiger partial charge is 0.165 e. The Hall–Kier alpha value is -1.74. The van der Waals surface area contributed by atoms with E-state index in [0.29, 0.717) is 5.02 Å². The van der Waals surface area contributed by atoms with E-state index in [0.717, 1.165) is 11.3 Å². The molecule has 1 atom stereocenters. The van der Waals surface area contributed by atoms with Crippen LogP contribution in [0.15, 0.2) is 42.5 Å². The van der Waals surface area contributed by atoms with Crippen LogP contribution < -0.4 is 10.1 Å². The van der Waals surface area contributed by atoms with Crippen molar-refractivity contribution in [1.29, 1.82) is 0 Å². The predicted octanol–water partition coefficient (Wildman–Crippen LogP) is 4.66. The van der Waals surface area contributed by atoms with Gasteiger partial charge in [0.05, 0.1) is 7.11 Å². The molecule has 2 rings (SSSR count). The van der Waals surface area contributed by atoms with Gasteiger partial charge in [-0.25, -0.2) is 4.39 Å². The summed E-state index contributed by atoms with van der Waals surface area (Å²) in [4.78, 5) is 0. The number of halogens is 2. The van der Waals surface area contributed by atoms with Crippen LogP contribution in [0.1, 0.15) is 18.5 Å². The zero-order valence-corrected chi connectivity index (χ0v) is 11.5. The Labute approximate surface area is 117 Å². The van der Waals surface area contributed by atoms with Crippen LogP contribution in [-0.2, 0) is 0 Å². The van der Waals surface area contributed by atoms with Gasteiger partial charge in [0.15, 0.2) is 11.6 Å². The normalized spacial score (nSPS) is 12.0. The molecule has 0 spiro atoms. The number of ether oxygens (including phenoxy) is 1. The van der Waals surface area contributed by atoms with Gasteiger partial charge in [0.1, 0.15) is 0 Å². The Morgan fingerprint density at radius 2 is 1.84 bits per heavy atom. The first-order valence-corrected chi connectivity index (χ1v) is 6.33. The molecule has 0 saturated carbocycles. The highest BCUT2D eigenvalue weighted by Crippen LogP contribution is 2.25. The molecule has 0 saturated heterocycles. The number of nitrogens with one attached hydrogen (secondary N) is 1. The van der Waals surface area contributed by atoms with Crippen molar-refractivity contribution in [3.8, 4) is 5.75 Å². The third-order valence-corrected chi connectivity index (χ3v) is 3.16. The summed E-state index contributed by atoms with van der Waals surface area (Å²) in [6, 6.07) is 12.4. The van der Waals surface area contributed by atoms with E-state index in [9.17, 15) is 4.39 Å². The molecule has 0 aromatic heterocycles. The fraction of sp³-hybridized carbons (Fsp3) is 0.200. The van der Waals surface area contributed by atoms with Gasteiger partial charge in [0, 0.05) is 22.8 Å². The molecule has 0 radical (unpaired) electrons. The highest BCUT2D eigenvalue weighted by atomic mass is 35.5. The van der Waals surface area contributed by atoms with Crippen molar-refractivity contribution in [3.63, 3.8) is 0 Å². The Bertz CT molecular complexity index is 557. The molecule has 0 aliphatic carbocycles. The standard InChI is InChI=1S/C15H15ClFNO/c1-10(11-3-5-12(16)6-4-11)18-13-7-8-14(17)15(9-13)19-2/h3-10,18H,1-2H3. The summed E-state index contributed by atoms with van der Waals surface area (Å²) in [5.74, 6) is -0.138. The van der Waals surface area contributed by atoms with Gasteiger partial charge in [0.2, 0.25) is 0 Å². The first-order valence-electron chi connectivity index (χ1n) is 5.95. The molecule has 1 unspecified atom stereocenters. The third kappa shape index (κ3) is 3.38. The van der Waals surface area contributed by atoms with Crippen molar-refractivity contribution >= 4 is 17.3 Å². The molecule has 0 amide bonds. The van der Waals surface area contributed by atoms with E-state index < -0.39 is 0 Å². The van der Waals surface area contributed by atoms with E-state index in [1.54, 1.807) is 12.1 Å². The molecule has 2 aromatic carbocycles. The number of anilines is 1. The van der Waals surface area contributed by atoms with Crippen molar-refractivity contribution in [2.45, 2.75) is 13.0 Å². The molecule has 19 heavy (non-hydrogen) atoms. The van der Waals surface area contributed by atoms with Crippen LogP contribution in [0, 0.1) is 5.82 Å². The zero-order chi connectivity index (χ0) is 13.8. The molecular weight excluding hydrogens is 265 g/mol. The molecule has 0 fully saturated rings. The summed E-state index contributed by atoms with van der Waals surface area (Å²) in [5, 5.41) is 4.00. The van der Waals surface area contributed by atoms with Crippen LogP contribution >= 0.6 is 11.6 Å². The second kappa shape index (κ2) is 5.93. The molecule has 2 nitrogen and oxygen atoms in total. The largest absolute Gasteiger partial charge is 0.494 e. The first-order chi connectivity index (χ1) is 9.10. The van der Waals surface area contributed by atoms with Gasteiger partial charge in [-0.1, -0.05) is 23.7 Å². The van der Waals surface area contributed by atoms with Crippen molar-refractivity contribution < 1.29 is 9.13 Å². The summed E-state index contributed by atoms with van der Waals surface area (Å²) in [6.45, 7) is 2.03.